The molecule has 0 saturated carbocycles. The molecule has 144 valence electrons. The van der Waals surface area contributed by atoms with Crippen LogP contribution in [-0.4, -0.2) is 21.8 Å². The molecule has 0 aliphatic carbocycles. The van der Waals surface area contributed by atoms with E-state index >= 15 is 0 Å². The average molecular weight is 384 g/mol. The van der Waals surface area contributed by atoms with Crippen LogP contribution in [0.3, 0.4) is 0 Å². The van der Waals surface area contributed by atoms with E-state index in [0.29, 0.717) is 11.5 Å². The molecule has 1 aromatic heterocycles. The third kappa shape index (κ3) is 4.50. The fraction of sp³-hybridized carbons (Fsp3) is 0.0870. The lowest BCUT2D eigenvalue weighted by Crippen LogP contribution is -2.31. The highest BCUT2D eigenvalue weighted by Crippen LogP contribution is 2.19. The number of aromatic nitrogens is 2. The van der Waals surface area contributed by atoms with Crippen molar-refractivity contribution in [2.45, 2.75) is 12.5 Å². The van der Waals surface area contributed by atoms with Gasteiger partial charge in [-0.25, -0.2) is 4.98 Å². The SMILES string of the molecule is O=C(C[C@H](NC(=O)c1ccccc1)c1ccccc1)Nc1nc2ccccc2[nH]1. The molecule has 0 aliphatic rings. The molecule has 3 N–H and O–H groups in total. The number of fused-ring (bicyclic) bond motifs is 1. The molecule has 0 aliphatic heterocycles. The number of hydrogen-bond donors (Lipinski definition) is 3. The van der Waals surface area contributed by atoms with Crippen molar-refractivity contribution in [1.29, 1.82) is 0 Å². The normalized spacial score (nSPS) is 11.7. The molecule has 3 aromatic carbocycles. The maximum atomic E-state index is 12.7. The molecular formula is C23H20N4O2. The highest BCUT2D eigenvalue weighted by Gasteiger charge is 2.20. The lowest BCUT2D eigenvalue weighted by Gasteiger charge is -2.19. The number of nitrogens with one attached hydrogen (secondary N) is 3. The smallest absolute Gasteiger partial charge is 0.251 e. The fourth-order valence-electron chi connectivity index (χ4n) is 3.15. The second kappa shape index (κ2) is 8.39. The number of imidazole rings is 1. The first-order valence-electron chi connectivity index (χ1n) is 9.34. The van der Waals surface area contributed by atoms with Crippen molar-refractivity contribution in [2.24, 2.45) is 0 Å². The first kappa shape index (κ1) is 18.4. The van der Waals surface area contributed by atoms with E-state index in [0.717, 1.165) is 16.6 Å². The predicted molar refractivity (Wildman–Crippen MR) is 112 cm³/mol. The molecule has 4 aromatic rings. The molecule has 0 fully saturated rings. The van der Waals surface area contributed by atoms with Crippen molar-refractivity contribution in [2.75, 3.05) is 5.32 Å². The minimum atomic E-state index is -0.465. The van der Waals surface area contributed by atoms with Gasteiger partial charge in [0, 0.05) is 5.56 Å². The summed E-state index contributed by atoms with van der Waals surface area (Å²) < 4.78 is 0. The molecule has 1 heterocycles. The first-order chi connectivity index (χ1) is 14.2. The van der Waals surface area contributed by atoms with Gasteiger partial charge in [0.05, 0.1) is 23.5 Å². The van der Waals surface area contributed by atoms with Crippen molar-refractivity contribution < 1.29 is 9.59 Å². The van der Waals surface area contributed by atoms with E-state index < -0.39 is 6.04 Å². The van der Waals surface area contributed by atoms with E-state index in [9.17, 15) is 9.59 Å². The summed E-state index contributed by atoms with van der Waals surface area (Å²) in [6.07, 6.45) is 0.0830. The molecule has 29 heavy (non-hydrogen) atoms. The number of hydrogen-bond acceptors (Lipinski definition) is 3. The predicted octanol–water partition coefficient (Wildman–Crippen LogP) is 4.06. The number of carbonyl (C=O) groups is 2. The van der Waals surface area contributed by atoms with Crippen LogP contribution < -0.4 is 10.6 Å². The Labute approximate surface area is 168 Å². The van der Waals surface area contributed by atoms with E-state index in [1.165, 1.54) is 0 Å². The topological polar surface area (TPSA) is 86.9 Å². The molecule has 6 nitrogen and oxygen atoms in total. The molecule has 1 atom stereocenters. The number of para-hydroxylation sites is 2. The highest BCUT2D eigenvalue weighted by atomic mass is 16.2. The standard InChI is InChI=1S/C23H20N4O2/c28-21(27-23-25-18-13-7-8-14-19(18)26-23)15-20(16-9-3-1-4-10-16)24-22(29)17-11-5-2-6-12-17/h1-14,20H,15H2,(H,24,29)(H2,25,26,27,28)/t20-/m0/s1. The zero-order valence-electron chi connectivity index (χ0n) is 15.6. The lowest BCUT2D eigenvalue weighted by molar-refractivity contribution is -0.116. The van der Waals surface area contributed by atoms with Crippen LogP contribution in [0.5, 0.6) is 0 Å². The number of benzene rings is 3. The van der Waals surface area contributed by atoms with Gasteiger partial charge in [-0.2, -0.15) is 0 Å². The number of nitrogens with zero attached hydrogens (tertiary/aromatic N) is 1. The summed E-state index contributed by atoms with van der Waals surface area (Å²) in [5, 5.41) is 5.75. The zero-order chi connectivity index (χ0) is 20.1. The van der Waals surface area contributed by atoms with Gasteiger partial charge in [-0.3, -0.25) is 14.9 Å². The molecule has 2 amide bonds. The van der Waals surface area contributed by atoms with Gasteiger partial charge in [0.1, 0.15) is 0 Å². The maximum absolute atomic E-state index is 12.7. The molecular weight excluding hydrogens is 364 g/mol. The third-order valence-electron chi connectivity index (χ3n) is 4.58. The summed E-state index contributed by atoms with van der Waals surface area (Å²) in [5.74, 6) is -0.0836. The van der Waals surface area contributed by atoms with E-state index in [1.807, 2.05) is 60.7 Å². The first-order valence-corrected chi connectivity index (χ1v) is 9.34. The largest absolute Gasteiger partial charge is 0.345 e. The summed E-state index contributed by atoms with van der Waals surface area (Å²) in [7, 11) is 0. The quantitative estimate of drug-likeness (QED) is 0.468. The van der Waals surface area contributed by atoms with Gasteiger partial charge in [0.25, 0.3) is 5.91 Å². The summed E-state index contributed by atoms with van der Waals surface area (Å²) >= 11 is 0. The Hall–Kier alpha value is -3.93. The Kier molecular flexibility index (Phi) is 5.33. The van der Waals surface area contributed by atoms with Crippen LogP contribution in [0.25, 0.3) is 11.0 Å². The van der Waals surface area contributed by atoms with E-state index in [1.54, 1.807) is 24.3 Å². The molecule has 0 unspecified atom stereocenters. The average Bonchev–Trinajstić information content (AvgIpc) is 3.16. The number of H-pyrrole nitrogens is 1. The van der Waals surface area contributed by atoms with Crippen LogP contribution in [0.15, 0.2) is 84.9 Å². The van der Waals surface area contributed by atoms with Gasteiger partial charge in [0.2, 0.25) is 11.9 Å². The second-order valence-electron chi connectivity index (χ2n) is 6.66. The Morgan fingerprint density at radius 1 is 0.862 bits per heavy atom. The Bertz CT molecular complexity index is 1090. The van der Waals surface area contributed by atoms with Crippen LogP contribution in [0.4, 0.5) is 5.95 Å². The molecule has 0 radical (unpaired) electrons. The van der Waals surface area contributed by atoms with E-state index in [4.69, 9.17) is 0 Å². The molecule has 0 saturated heterocycles. The van der Waals surface area contributed by atoms with Crippen molar-refractivity contribution in [1.82, 2.24) is 15.3 Å². The van der Waals surface area contributed by atoms with Gasteiger partial charge in [-0.1, -0.05) is 60.7 Å². The molecule has 4 rings (SSSR count). The number of rotatable bonds is 6. The second-order valence-corrected chi connectivity index (χ2v) is 6.66. The summed E-state index contributed by atoms with van der Waals surface area (Å²) in [4.78, 5) is 32.7. The summed E-state index contributed by atoms with van der Waals surface area (Å²) in [6, 6.07) is 25.5. The number of anilines is 1. The summed E-state index contributed by atoms with van der Waals surface area (Å²) in [6.45, 7) is 0. The van der Waals surface area contributed by atoms with Crippen LogP contribution in [-0.2, 0) is 4.79 Å². The van der Waals surface area contributed by atoms with Crippen molar-refractivity contribution in [3.8, 4) is 0 Å². The minimum Gasteiger partial charge on any atom is -0.345 e. The Morgan fingerprint density at radius 3 is 2.24 bits per heavy atom. The van der Waals surface area contributed by atoms with Gasteiger partial charge < -0.3 is 10.3 Å². The lowest BCUT2D eigenvalue weighted by atomic mass is 10.0. The Morgan fingerprint density at radius 2 is 1.52 bits per heavy atom. The number of aromatic amines is 1. The molecule has 0 bridgehead atoms. The van der Waals surface area contributed by atoms with Crippen molar-refractivity contribution in [3.63, 3.8) is 0 Å². The van der Waals surface area contributed by atoms with Gasteiger partial charge >= 0.3 is 0 Å². The third-order valence-corrected chi connectivity index (χ3v) is 4.58. The van der Waals surface area contributed by atoms with Crippen molar-refractivity contribution in [3.05, 3.63) is 96.1 Å². The zero-order valence-corrected chi connectivity index (χ0v) is 15.6. The minimum absolute atomic E-state index is 0.0830. The van der Waals surface area contributed by atoms with Crippen molar-refractivity contribution >= 4 is 28.8 Å². The summed E-state index contributed by atoms with van der Waals surface area (Å²) in [5.41, 5.74) is 3.03. The van der Waals surface area contributed by atoms with Crippen LogP contribution in [0, 0.1) is 0 Å². The van der Waals surface area contributed by atoms with Gasteiger partial charge in [-0.15, -0.1) is 0 Å². The van der Waals surface area contributed by atoms with Crippen LogP contribution in [0.2, 0.25) is 0 Å². The molecule has 6 heteroatoms. The van der Waals surface area contributed by atoms with E-state index in [-0.39, 0.29) is 18.2 Å². The number of carbonyl (C=O) groups excluding carboxylic acids is 2. The van der Waals surface area contributed by atoms with Crippen LogP contribution in [0.1, 0.15) is 28.4 Å². The molecule has 0 spiro atoms. The fourth-order valence-corrected chi connectivity index (χ4v) is 3.15. The van der Waals surface area contributed by atoms with Crippen LogP contribution >= 0.6 is 0 Å². The van der Waals surface area contributed by atoms with E-state index in [2.05, 4.69) is 20.6 Å². The number of amides is 2. The maximum Gasteiger partial charge on any atom is 0.251 e. The monoisotopic (exact) mass is 384 g/mol. The Balaban J connectivity index is 1.50. The highest BCUT2D eigenvalue weighted by molar-refractivity contribution is 5.95. The van der Waals surface area contributed by atoms with Gasteiger partial charge in [-0.05, 0) is 29.8 Å². The van der Waals surface area contributed by atoms with Gasteiger partial charge in [0.15, 0.2) is 0 Å².